The Kier molecular flexibility index (Phi) is 8.89. The van der Waals surface area contributed by atoms with E-state index in [9.17, 15) is 18.6 Å². The average molecular weight is 445 g/mol. The Morgan fingerprint density at radius 1 is 1.00 bits per heavy atom. The number of guanidine groups is 1. The van der Waals surface area contributed by atoms with Gasteiger partial charge in [0.05, 0.1) is 28.8 Å². The van der Waals surface area contributed by atoms with E-state index in [0.29, 0.717) is 9.79 Å². The van der Waals surface area contributed by atoms with Crippen molar-refractivity contribution >= 4 is 46.0 Å². The Morgan fingerprint density at radius 3 is 2.32 bits per heavy atom. The summed E-state index contributed by atoms with van der Waals surface area (Å²) in [6.07, 6.45) is -0.627. The number of rotatable bonds is 6. The van der Waals surface area contributed by atoms with Crippen LogP contribution in [-0.4, -0.2) is 34.7 Å². The number of hydrogen-bond acceptors (Lipinski definition) is 6. The van der Waals surface area contributed by atoms with Crippen molar-refractivity contribution in [2.24, 2.45) is 4.99 Å². The Morgan fingerprint density at radius 2 is 1.71 bits per heavy atom. The first-order chi connectivity index (χ1) is 14.8. The molecule has 0 aliphatic heterocycles. The molecule has 31 heavy (non-hydrogen) atoms. The first-order valence-corrected chi connectivity index (χ1v) is 10.7. The van der Waals surface area contributed by atoms with E-state index in [0.717, 1.165) is 0 Å². The number of nitrogens with one attached hydrogen (secondary N) is 3. The fourth-order valence-corrected chi connectivity index (χ4v) is 3.48. The number of aliphatic imine (C=N–C) groups is 1. The maximum atomic E-state index is 12.9. The van der Waals surface area contributed by atoms with Crippen LogP contribution in [0.25, 0.3) is 0 Å². The molecule has 0 saturated heterocycles. The second kappa shape index (κ2) is 11.6. The van der Waals surface area contributed by atoms with Crippen molar-refractivity contribution in [3.63, 3.8) is 0 Å². The van der Waals surface area contributed by atoms with Crippen molar-refractivity contribution in [2.45, 2.75) is 37.0 Å². The highest BCUT2D eigenvalue weighted by atomic mass is 32.2. The molecule has 1 atom stereocenters. The monoisotopic (exact) mass is 444 g/mol. The predicted octanol–water partition coefficient (Wildman–Crippen LogP) is 3.07. The third kappa shape index (κ3) is 7.34. The summed E-state index contributed by atoms with van der Waals surface area (Å²) in [5.41, 5.74) is 0.510. The molecule has 3 amide bonds. The fraction of sp³-hybridized carbons (Fsp3) is 0.238. The molecule has 0 aliphatic carbocycles. The minimum atomic E-state index is -1.47. The van der Waals surface area contributed by atoms with E-state index in [1.54, 1.807) is 44.2 Å². The highest BCUT2D eigenvalue weighted by Gasteiger charge is 2.14. The third-order valence-corrected chi connectivity index (χ3v) is 5.14. The molecule has 0 aliphatic rings. The minimum absolute atomic E-state index is 0.137. The van der Waals surface area contributed by atoms with Gasteiger partial charge in [-0.25, -0.2) is 14.0 Å². The van der Waals surface area contributed by atoms with Crippen LogP contribution in [-0.2, 0) is 25.1 Å². The zero-order valence-corrected chi connectivity index (χ0v) is 18.2. The summed E-state index contributed by atoms with van der Waals surface area (Å²) in [5, 5.41) is 7.47. The first kappa shape index (κ1) is 23.7. The molecule has 0 saturated carbocycles. The van der Waals surface area contributed by atoms with Crippen LogP contribution in [0.15, 0.2) is 63.3 Å². The molecule has 3 N–H and O–H groups in total. The van der Waals surface area contributed by atoms with Crippen molar-refractivity contribution in [1.29, 1.82) is 0 Å². The largest absolute Gasteiger partial charge is 0.450 e. The van der Waals surface area contributed by atoms with Crippen LogP contribution in [0.3, 0.4) is 0 Å². The molecule has 0 bridgehead atoms. The zero-order valence-electron chi connectivity index (χ0n) is 17.4. The van der Waals surface area contributed by atoms with Gasteiger partial charge in [0.2, 0.25) is 17.8 Å². The summed E-state index contributed by atoms with van der Waals surface area (Å²) in [7, 11) is -1.47. The van der Waals surface area contributed by atoms with Gasteiger partial charge >= 0.3 is 6.09 Å². The molecular formula is C21H24N4O5S. The summed E-state index contributed by atoms with van der Waals surface area (Å²) in [5.74, 6) is -0.899. The number of nitrogens with zero attached hydrogens (tertiary/aromatic N) is 1. The van der Waals surface area contributed by atoms with Crippen LogP contribution in [0, 0.1) is 0 Å². The average Bonchev–Trinajstić information content (AvgIpc) is 2.74. The molecule has 0 heterocycles. The number of anilines is 1. The first-order valence-electron chi connectivity index (χ1n) is 9.54. The lowest BCUT2D eigenvalue weighted by molar-refractivity contribution is -0.119. The second-order valence-electron chi connectivity index (χ2n) is 6.15. The number of benzene rings is 2. The van der Waals surface area contributed by atoms with Gasteiger partial charge in [0.1, 0.15) is 0 Å². The summed E-state index contributed by atoms with van der Waals surface area (Å²) >= 11 is 0. The molecule has 0 fully saturated rings. The van der Waals surface area contributed by atoms with Crippen LogP contribution < -0.4 is 16.0 Å². The Balaban J connectivity index is 2.45. The van der Waals surface area contributed by atoms with Gasteiger partial charge in [0.25, 0.3) is 0 Å². The number of carbonyl (C=O) groups excluding carboxylic acids is 3. The quantitative estimate of drug-likeness (QED) is 0.466. The predicted molar refractivity (Wildman–Crippen MR) is 118 cm³/mol. The van der Waals surface area contributed by atoms with Gasteiger partial charge in [-0.15, -0.1) is 0 Å². The molecular weight excluding hydrogens is 420 g/mol. The van der Waals surface area contributed by atoms with Crippen LogP contribution in [0.2, 0.25) is 0 Å². The van der Waals surface area contributed by atoms with Crippen molar-refractivity contribution in [3.05, 3.63) is 48.5 Å². The van der Waals surface area contributed by atoms with Crippen molar-refractivity contribution in [3.8, 4) is 0 Å². The lowest BCUT2D eigenvalue weighted by Gasteiger charge is -2.13. The lowest BCUT2D eigenvalue weighted by atomic mass is 10.2. The maximum absolute atomic E-state index is 12.9. The Labute approximate surface area is 182 Å². The molecule has 2 aromatic carbocycles. The summed E-state index contributed by atoms with van der Waals surface area (Å²) in [4.78, 5) is 40.6. The van der Waals surface area contributed by atoms with Crippen molar-refractivity contribution in [2.75, 3.05) is 11.9 Å². The second-order valence-corrected chi connectivity index (χ2v) is 7.63. The van der Waals surface area contributed by atoms with Crippen molar-refractivity contribution in [1.82, 2.24) is 10.6 Å². The molecule has 9 nitrogen and oxygen atoms in total. The number of amides is 3. The molecule has 10 heteroatoms. The van der Waals surface area contributed by atoms with Crippen LogP contribution >= 0.6 is 0 Å². The van der Waals surface area contributed by atoms with Gasteiger partial charge in [-0.05, 0) is 37.3 Å². The standard InChI is InChI=1S/C21H24N4O5S/c1-4-19(27)24-20(25-21(28)30-5-2)23-17-12-11-16(13-18(17)22-14(3)26)31(29)15-9-7-6-8-10-15/h6-13H,4-5H2,1-3H3,(H,22,26)(H2,23,24,25,27,28). The molecule has 1 unspecified atom stereocenters. The minimum Gasteiger partial charge on any atom is -0.450 e. The lowest BCUT2D eigenvalue weighted by Crippen LogP contribution is -2.43. The fourth-order valence-electron chi connectivity index (χ4n) is 2.39. The van der Waals surface area contributed by atoms with E-state index >= 15 is 0 Å². The molecule has 0 spiro atoms. The van der Waals surface area contributed by atoms with E-state index in [2.05, 4.69) is 20.9 Å². The third-order valence-electron chi connectivity index (χ3n) is 3.76. The van der Waals surface area contributed by atoms with Gasteiger partial charge in [0.15, 0.2) is 0 Å². The van der Waals surface area contributed by atoms with Gasteiger partial charge in [-0.3, -0.25) is 20.2 Å². The molecule has 2 aromatic rings. The topological polar surface area (TPSA) is 126 Å². The van der Waals surface area contributed by atoms with E-state index in [1.165, 1.54) is 19.1 Å². The number of ether oxygens (including phenoxy) is 1. The highest BCUT2D eigenvalue weighted by Crippen LogP contribution is 2.29. The highest BCUT2D eigenvalue weighted by molar-refractivity contribution is 7.85. The Hall–Kier alpha value is -3.53. The normalized spacial score (nSPS) is 11.9. The number of carbonyl (C=O) groups is 3. The van der Waals surface area contributed by atoms with E-state index in [4.69, 9.17) is 4.74 Å². The number of alkyl carbamates (subject to hydrolysis) is 1. The molecule has 0 radical (unpaired) electrons. The Bertz CT molecular complexity index is 1010. The summed E-state index contributed by atoms with van der Waals surface area (Å²) < 4.78 is 17.7. The summed E-state index contributed by atoms with van der Waals surface area (Å²) in [6.45, 7) is 4.75. The smallest absolute Gasteiger partial charge is 0.413 e. The van der Waals surface area contributed by atoms with Gasteiger partial charge < -0.3 is 10.1 Å². The SMILES string of the molecule is CCOC(=O)NC(=Nc1ccc(S(=O)c2ccccc2)cc1NC(C)=O)NC(=O)CC. The summed E-state index contributed by atoms with van der Waals surface area (Å²) in [6, 6.07) is 13.5. The van der Waals surface area contributed by atoms with E-state index in [1.807, 2.05) is 6.07 Å². The van der Waals surface area contributed by atoms with Crippen LogP contribution in [0.4, 0.5) is 16.2 Å². The maximum Gasteiger partial charge on any atom is 0.413 e. The van der Waals surface area contributed by atoms with E-state index in [-0.39, 0.29) is 42.2 Å². The van der Waals surface area contributed by atoms with Crippen LogP contribution in [0.1, 0.15) is 27.2 Å². The van der Waals surface area contributed by atoms with Gasteiger partial charge in [0, 0.05) is 23.1 Å². The molecule has 2 rings (SSSR count). The molecule has 164 valence electrons. The van der Waals surface area contributed by atoms with Crippen LogP contribution in [0.5, 0.6) is 0 Å². The number of hydrogen-bond donors (Lipinski definition) is 3. The zero-order chi connectivity index (χ0) is 22.8. The van der Waals surface area contributed by atoms with Gasteiger partial charge in [-0.2, -0.15) is 0 Å². The molecule has 0 aromatic heterocycles. The van der Waals surface area contributed by atoms with Gasteiger partial charge in [-0.1, -0.05) is 25.1 Å². The van der Waals surface area contributed by atoms with Crippen molar-refractivity contribution < 1.29 is 23.3 Å². The van der Waals surface area contributed by atoms with E-state index < -0.39 is 16.9 Å².